The number of carbonyl (C=O) groups excluding carboxylic acids is 2. The minimum absolute atomic E-state index is 0.110. The highest BCUT2D eigenvalue weighted by Crippen LogP contribution is 2.45. The summed E-state index contributed by atoms with van der Waals surface area (Å²) in [5.41, 5.74) is 9.76. The Morgan fingerprint density at radius 1 is 0.661 bits per heavy atom. The van der Waals surface area contributed by atoms with Crippen LogP contribution in [0.4, 0.5) is 11.4 Å². The monoisotopic (exact) mass is 758 g/mol. The molecule has 0 radical (unpaired) electrons. The van der Waals surface area contributed by atoms with Crippen molar-refractivity contribution in [3.8, 4) is 39.8 Å². The van der Waals surface area contributed by atoms with Gasteiger partial charge in [0.2, 0.25) is 11.8 Å². The zero-order valence-electron chi connectivity index (χ0n) is 32.5. The van der Waals surface area contributed by atoms with Gasteiger partial charge in [-0.1, -0.05) is 24.3 Å². The second kappa shape index (κ2) is 16.2. The van der Waals surface area contributed by atoms with E-state index in [1.165, 1.54) is 22.4 Å². The predicted octanol–water partition coefficient (Wildman–Crippen LogP) is 5.76. The van der Waals surface area contributed by atoms with Crippen LogP contribution in [0.3, 0.4) is 0 Å². The smallest absolute Gasteiger partial charge is 0.220 e. The maximum absolute atomic E-state index is 11.7. The second-order valence-electron chi connectivity index (χ2n) is 14.7. The number of nitrogens with zero attached hydrogens (tertiary/aromatic N) is 2. The lowest BCUT2D eigenvalue weighted by atomic mass is 9.95. The molecule has 12 heteroatoms. The molecule has 2 amide bonds. The largest absolute Gasteiger partial charge is 0.496 e. The third-order valence-electron chi connectivity index (χ3n) is 11.4. The number of nitrogens with one attached hydrogen (secondary N) is 4. The Bertz CT molecular complexity index is 2220. The van der Waals surface area contributed by atoms with Crippen LogP contribution >= 0.6 is 0 Å². The molecule has 4 aromatic carbocycles. The van der Waals surface area contributed by atoms with Crippen molar-refractivity contribution in [1.29, 1.82) is 0 Å². The summed E-state index contributed by atoms with van der Waals surface area (Å²) in [5.74, 6) is 3.21. The predicted molar refractivity (Wildman–Crippen MR) is 218 cm³/mol. The Balaban J connectivity index is 1.06. The molecule has 4 heterocycles. The molecule has 0 spiro atoms. The van der Waals surface area contributed by atoms with Gasteiger partial charge in [-0.05, 0) is 54.2 Å². The molecule has 1 aromatic heterocycles. The lowest BCUT2D eigenvalue weighted by Crippen LogP contribution is -2.35. The molecule has 4 N–H and O–H groups in total. The van der Waals surface area contributed by atoms with Crippen LogP contribution in [0.1, 0.15) is 42.4 Å². The van der Waals surface area contributed by atoms with E-state index >= 15 is 0 Å². The van der Waals surface area contributed by atoms with Crippen LogP contribution < -0.4 is 45.1 Å². The number of ether oxygens (including phenoxy) is 4. The maximum atomic E-state index is 11.7. The van der Waals surface area contributed by atoms with Crippen LogP contribution in [0.15, 0.2) is 72.9 Å². The van der Waals surface area contributed by atoms with Crippen LogP contribution in [-0.2, 0) is 29.1 Å². The highest BCUT2D eigenvalue weighted by atomic mass is 16.5. The third kappa shape index (κ3) is 7.22. The number of rotatable bonds is 15. The normalized spacial score (nSPS) is 17.6. The summed E-state index contributed by atoms with van der Waals surface area (Å²) in [6.07, 6.45) is 5.84. The van der Waals surface area contributed by atoms with Crippen molar-refractivity contribution >= 4 is 34.1 Å². The fourth-order valence-electron chi connectivity index (χ4n) is 8.57. The van der Waals surface area contributed by atoms with Gasteiger partial charge in [-0.2, -0.15) is 0 Å². The van der Waals surface area contributed by atoms with Crippen molar-refractivity contribution < 1.29 is 28.5 Å². The summed E-state index contributed by atoms with van der Waals surface area (Å²) in [6, 6.07) is 23.8. The zero-order chi connectivity index (χ0) is 38.8. The summed E-state index contributed by atoms with van der Waals surface area (Å²) in [4.78, 5) is 25.7. The average molecular weight is 759 g/mol. The number of aromatic nitrogens is 1. The number of hydrogen-bond acceptors (Lipinski definition) is 9. The summed E-state index contributed by atoms with van der Waals surface area (Å²) in [5, 5.41) is 14.2. The molecule has 5 aromatic rings. The van der Waals surface area contributed by atoms with Gasteiger partial charge in [0, 0.05) is 105 Å². The van der Waals surface area contributed by atoms with Crippen molar-refractivity contribution in [3.63, 3.8) is 0 Å². The van der Waals surface area contributed by atoms with E-state index < -0.39 is 0 Å². The molecule has 2 fully saturated rings. The fourth-order valence-corrected chi connectivity index (χ4v) is 8.57. The van der Waals surface area contributed by atoms with E-state index in [9.17, 15) is 9.59 Å². The Kier molecular flexibility index (Phi) is 10.7. The molecule has 0 saturated carbocycles. The molecular weight excluding hydrogens is 709 g/mol. The van der Waals surface area contributed by atoms with Crippen LogP contribution in [0.25, 0.3) is 27.7 Å². The van der Waals surface area contributed by atoms with Gasteiger partial charge in [0.05, 0.1) is 50.8 Å². The van der Waals surface area contributed by atoms with Crippen LogP contribution in [0, 0.1) is 0 Å². The number of benzene rings is 4. The van der Waals surface area contributed by atoms with Crippen LogP contribution in [-0.4, -0.2) is 76.5 Å². The van der Waals surface area contributed by atoms with E-state index in [0.29, 0.717) is 39.0 Å². The summed E-state index contributed by atoms with van der Waals surface area (Å²) in [7, 11) is 6.76. The summed E-state index contributed by atoms with van der Waals surface area (Å²) < 4.78 is 25.8. The highest BCUT2D eigenvalue weighted by Gasteiger charge is 2.27. The Hall–Kier alpha value is -5.72. The van der Waals surface area contributed by atoms with E-state index in [0.717, 1.165) is 82.2 Å². The number of fused-ring (bicyclic) bond motifs is 2. The van der Waals surface area contributed by atoms with Crippen LogP contribution in [0.5, 0.6) is 23.0 Å². The van der Waals surface area contributed by atoms with Crippen molar-refractivity contribution in [2.75, 3.05) is 53.0 Å². The second-order valence-corrected chi connectivity index (χ2v) is 14.7. The van der Waals surface area contributed by atoms with E-state index in [4.69, 9.17) is 18.9 Å². The molecule has 292 valence electrons. The number of methoxy groups -OCH3 is 4. The number of carbonyl (C=O) groups is 2. The van der Waals surface area contributed by atoms with Crippen molar-refractivity contribution in [3.05, 3.63) is 89.6 Å². The standard InChI is InChI=1S/C44H50N6O6/c1-53-39-19-29(20-40(54-2)35(39)25-45-23-27-11-13-43(51)47-27)49-17-15-33-31(7-5-9-37(33)49)32-8-6-10-38-34(32)16-18-50(38)30-21-41(55-3)36(42(22-30)56-4)26-46-24-28-12-14-44(52)48-28/h5-10,15,17,19-22,27-28,45-46H,11-14,16,18,23-26H2,1-4H3,(H,47,51)(H,48,52)/t27-,28-/m0/s1. The molecule has 2 atom stereocenters. The lowest BCUT2D eigenvalue weighted by Gasteiger charge is -2.24. The molecule has 2 saturated heterocycles. The number of amides is 2. The Morgan fingerprint density at radius 3 is 1.73 bits per heavy atom. The number of anilines is 2. The molecule has 56 heavy (non-hydrogen) atoms. The first-order valence-corrected chi connectivity index (χ1v) is 19.4. The summed E-state index contributed by atoms with van der Waals surface area (Å²) >= 11 is 0. The molecule has 8 rings (SSSR count). The van der Waals surface area contributed by atoms with E-state index in [1.54, 1.807) is 28.4 Å². The molecule has 0 unspecified atom stereocenters. The molecule has 0 aliphatic carbocycles. The van der Waals surface area contributed by atoms with Gasteiger partial charge >= 0.3 is 0 Å². The topological polar surface area (TPSA) is 127 Å². The van der Waals surface area contributed by atoms with Gasteiger partial charge in [-0.3, -0.25) is 9.59 Å². The van der Waals surface area contributed by atoms with E-state index in [2.05, 4.69) is 104 Å². The van der Waals surface area contributed by atoms with Crippen LogP contribution in [0.2, 0.25) is 0 Å². The zero-order valence-corrected chi connectivity index (χ0v) is 32.5. The molecule has 0 bridgehead atoms. The Labute approximate surface area is 327 Å². The lowest BCUT2D eigenvalue weighted by molar-refractivity contribution is -0.120. The van der Waals surface area contributed by atoms with Gasteiger partial charge in [0.15, 0.2) is 0 Å². The molecular formula is C44H50N6O6. The minimum atomic E-state index is 0.110. The fraction of sp³-hybridized carbons (Fsp3) is 0.364. The van der Waals surface area contributed by atoms with Crippen molar-refractivity contribution in [2.45, 2.75) is 57.3 Å². The first-order chi connectivity index (χ1) is 27.4. The molecule has 12 nitrogen and oxygen atoms in total. The average Bonchev–Trinajstić information content (AvgIpc) is 4.04. The Morgan fingerprint density at radius 2 is 1.20 bits per heavy atom. The van der Waals surface area contributed by atoms with Gasteiger partial charge in [0.25, 0.3) is 0 Å². The summed E-state index contributed by atoms with van der Waals surface area (Å²) in [6.45, 7) is 3.31. The maximum Gasteiger partial charge on any atom is 0.220 e. The van der Waals surface area contributed by atoms with Gasteiger partial charge in [-0.15, -0.1) is 0 Å². The first kappa shape index (κ1) is 37.2. The van der Waals surface area contributed by atoms with Gasteiger partial charge in [0.1, 0.15) is 23.0 Å². The molecule has 3 aliphatic rings. The SMILES string of the molecule is COc1cc(N2CCc3c(-c4cccc5c4ccn5-c4cc(OC)c(CNC[C@@H]5CCC(=O)N5)c(OC)c4)cccc32)cc(OC)c1CNC[C@@H]1CCC(=O)N1. The van der Waals surface area contributed by atoms with Gasteiger partial charge in [-0.25, -0.2) is 0 Å². The van der Waals surface area contributed by atoms with Crippen molar-refractivity contribution in [1.82, 2.24) is 25.8 Å². The highest BCUT2D eigenvalue weighted by molar-refractivity contribution is 5.98. The molecule has 3 aliphatic heterocycles. The van der Waals surface area contributed by atoms with Crippen molar-refractivity contribution in [2.24, 2.45) is 0 Å². The van der Waals surface area contributed by atoms with E-state index in [1.807, 2.05) is 0 Å². The van der Waals surface area contributed by atoms with Gasteiger partial charge < -0.3 is 49.7 Å². The minimum Gasteiger partial charge on any atom is -0.496 e. The third-order valence-corrected chi connectivity index (χ3v) is 11.4. The first-order valence-electron chi connectivity index (χ1n) is 19.4. The van der Waals surface area contributed by atoms with E-state index in [-0.39, 0.29) is 23.9 Å². The quantitative estimate of drug-likeness (QED) is 0.105. The number of hydrogen-bond donors (Lipinski definition) is 4.